The predicted octanol–water partition coefficient (Wildman–Crippen LogP) is 8.44. The molecule has 1 heterocycles. The molecule has 0 aromatic heterocycles. The summed E-state index contributed by atoms with van der Waals surface area (Å²) in [6.45, 7) is 6.82. The molecule has 5 aromatic rings. The van der Waals surface area contributed by atoms with Crippen LogP contribution in [0.1, 0.15) is 43.0 Å². The van der Waals surface area contributed by atoms with E-state index in [1.165, 1.54) is 23.3 Å². The molecule has 0 spiro atoms. The van der Waals surface area contributed by atoms with Gasteiger partial charge in [0.1, 0.15) is 5.82 Å². The summed E-state index contributed by atoms with van der Waals surface area (Å²) in [5, 5.41) is 12.9. The summed E-state index contributed by atoms with van der Waals surface area (Å²) in [5.74, 6) is 1.02. The standard InChI is InChI=1S/C36H33FO3/c1-35(2,3)36(27-10-6-4-7-11-27,28-12-8-5-9-13-28)21-26-20-25-16-19-31-34(40-23-39-31)33(25)32(30(26)22-38)24-14-17-29(37)18-15-24/h4-20,38H,21-23H2,1-3H3. The Morgan fingerprint density at radius 1 is 0.775 bits per heavy atom. The second-order valence-corrected chi connectivity index (χ2v) is 11.5. The fourth-order valence-corrected chi connectivity index (χ4v) is 6.46. The molecule has 6 rings (SSSR count). The van der Waals surface area contributed by atoms with Gasteiger partial charge in [0, 0.05) is 10.8 Å². The molecule has 4 heteroatoms. The summed E-state index contributed by atoms with van der Waals surface area (Å²) in [4.78, 5) is 0. The second kappa shape index (κ2) is 10.1. The molecule has 0 fully saturated rings. The lowest BCUT2D eigenvalue weighted by atomic mass is 9.56. The summed E-state index contributed by atoms with van der Waals surface area (Å²) in [5.41, 5.74) is 5.34. The van der Waals surface area contributed by atoms with Crippen molar-refractivity contribution in [3.8, 4) is 22.6 Å². The van der Waals surface area contributed by atoms with Crippen LogP contribution >= 0.6 is 0 Å². The Balaban J connectivity index is 1.69. The van der Waals surface area contributed by atoms with E-state index in [-0.39, 0.29) is 24.6 Å². The molecule has 3 nitrogen and oxygen atoms in total. The van der Waals surface area contributed by atoms with Gasteiger partial charge in [0.05, 0.1) is 6.61 Å². The van der Waals surface area contributed by atoms with Crippen LogP contribution in [-0.4, -0.2) is 11.9 Å². The quantitative estimate of drug-likeness (QED) is 0.238. The van der Waals surface area contributed by atoms with Gasteiger partial charge in [-0.15, -0.1) is 0 Å². The number of aliphatic hydroxyl groups excluding tert-OH is 1. The summed E-state index contributed by atoms with van der Waals surface area (Å²) in [6.07, 6.45) is 0.652. The molecule has 202 valence electrons. The van der Waals surface area contributed by atoms with Gasteiger partial charge in [-0.1, -0.05) is 106 Å². The topological polar surface area (TPSA) is 38.7 Å². The van der Waals surface area contributed by atoms with Crippen LogP contribution in [0.15, 0.2) is 103 Å². The Labute approximate surface area is 234 Å². The zero-order chi connectivity index (χ0) is 27.9. The molecule has 0 saturated carbocycles. The first-order chi connectivity index (χ1) is 19.3. The first-order valence-electron chi connectivity index (χ1n) is 13.7. The average molecular weight is 533 g/mol. The molecule has 40 heavy (non-hydrogen) atoms. The van der Waals surface area contributed by atoms with E-state index in [0.717, 1.165) is 33.0 Å². The van der Waals surface area contributed by atoms with Crippen LogP contribution in [0.4, 0.5) is 4.39 Å². The summed E-state index contributed by atoms with van der Waals surface area (Å²) in [7, 11) is 0. The zero-order valence-corrected chi connectivity index (χ0v) is 23.1. The fourth-order valence-electron chi connectivity index (χ4n) is 6.46. The molecule has 0 unspecified atom stereocenters. The van der Waals surface area contributed by atoms with Crippen molar-refractivity contribution in [3.05, 3.63) is 131 Å². The third-order valence-corrected chi connectivity index (χ3v) is 8.40. The lowest BCUT2D eigenvalue weighted by Gasteiger charge is -2.47. The molecular formula is C36H33FO3. The predicted molar refractivity (Wildman–Crippen MR) is 158 cm³/mol. The third-order valence-electron chi connectivity index (χ3n) is 8.40. The van der Waals surface area contributed by atoms with E-state index >= 15 is 0 Å². The number of rotatable bonds is 6. The molecule has 1 aliphatic heterocycles. The fraction of sp³-hybridized carbons (Fsp3) is 0.222. The zero-order valence-electron chi connectivity index (χ0n) is 23.1. The highest BCUT2D eigenvalue weighted by molar-refractivity contribution is 6.04. The van der Waals surface area contributed by atoms with Gasteiger partial charge in [-0.25, -0.2) is 4.39 Å². The molecule has 1 N–H and O–H groups in total. The summed E-state index contributed by atoms with van der Waals surface area (Å²) in [6, 6.07) is 33.9. The monoisotopic (exact) mass is 532 g/mol. The number of hydrogen-bond donors (Lipinski definition) is 1. The molecule has 0 aliphatic carbocycles. The lowest BCUT2D eigenvalue weighted by molar-refractivity contribution is 0.175. The molecule has 0 amide bonds. The molecule has 0 bridgehead atoms. The number of halogens is 1. The summed E-state index contributed by atoms with van der Waals surface area (Å²) < 4.78 is 25.7. The van der Waals surface area contributed by atoms with Gasteiger partial charge in [0.15, 0.2) is 11.5 Å². The van der Waals surface area contributed by atoms with Crippen LogP contribution < -0.4 is 9.47 Å². The molecule has 0 saturated heterocycles. The molecule has 5 aromatic carbocycles. The van der Waals surface area contributed by atoms with Crippen LogP contribution in [-0.2, 0) is 18.4 Å². The van der Waals surface area contributed by atoms with Crippen LogP contribution in [0.3, 0.4) is 0 Å². The van der Waals surface area contributed by atoms with Gasteiger partial charge >= 0.3 is 0 Å². The normalized spacial score (nSPS) is 13.1. The van der Waals surface area contributed by atoms with E-state index in [2.05, 4.69) is 75.4 Å². The first-order valence-corrected chi connectivity index (χ1v) is 13.7. The van der Waals surface area contributed by atoms with Crippen molar-refractivity contribution in [1.82, 2.24) is 0 Å². The smallest absolute Gasteiger partial charge is 0.231 e. The van der Waals surface area contributed by atoms with Gasteiger partial charge in [-0.05, 0) is 68.8 Å². The van der Waals surface area contributed by atoms with Crippen LogP contribution in [0.25, 0.3) is 21.9 Å². The van der Waals surface area contributed by atoms with Crippen molar-refractivity contribution in [2.45, 2.75) is 39.2 Å². The minimum absolute atomic E-state index is 0.142. The van der Waals surface area contributed by atoms with E-state index in [9.17, 15) is 9.50 Å². The van der Waals surface area contributed by atoms with Crippen LogP contribution in [0, 0.1) is 11.2 Å². The number of fused-ring (bicyclic) bond motifs is 3. The molecular weight excluding hydrogens is 499 g/mol. The van der Waals surface area contributed by atoms with Gasteiger partial charge < -0.3 is 14.6 Å². The lowest BCUT2D eigenvalue weighted by Crippen LogP contribution is -2.43. The maximum Gasteiger partial charge on any atom is 0.231 e. The maximum atomic E-state index is 14.0. The second-order valence-electron chi connectivity index (χ2n) is 11.5. The minimum Gasteiger partial charge on any atom is -0.454 e. The van der Waals surface area contributed by atoms with E-state index in [1.54, 1.807) is 12.1 Å². The van der Waals surface area contributed by atoms with Crippen molar-refractivity contribution in [2.24, 2.45) is 5.41 Å². The largest absolute Gasteiger partial charge is 0.454 e. The van der Waals surface area contributed by atoms with Gasteiger partial charge in [0.25, 0.3) is 0 Å². The Bertz CT molecular complexity index is 1610. The van der Waals surface area contributed by atoms with E-state index < -0.39 is 5.41 Å². The third kappa shape index (κ3) is 4.24. The van der Waals surface area contributed by atoms with Crippen molar-refractivity contribution in [3.63, 3.8) is 0 Å². The van der Waals surface area contributed by atoms with E-state index in [1.807, 2.05) is 24.3 Å². The Morgan fingerprint density at radius 2 is 1.40 bits per heavy atom. The number of aliphatic hydroxyl groups is 1. The number of benzene rings is 5. The highest BCUT2D eigenvalue weighted by Gasteiger charge is 2.45. The summed E-state index contributed by atoms with van der Waals surface area (Å²) >= 11 is 0. The van der Waals surface area contributed by atoms with Gasteiger partial charge in [0.2, 0.25) is 6.79 Å². The Morgan fingerprint density at radius 3 is 1.98 bits per heavy atom. The molecule has 0 atom stereocenters. The number of ether oxygens (including phenoxy) is 2. The Kier molecular flexibility index (Phi) is 6.59. The van der Waals surface area contributed by atoms with Crippen LogP contribution in [0.5, 0.6) is 11.5 Å². The minimum atomic E-state index is -0.413. The van der Waals surface area contributed by atoms with Crippen molar-refractivity contribution in [1.29, 1.82) is 0 Å². The number of hydrogen-bond acceptors (Lipinski definition) is 3. The average Bonchev–Trinajstić information content (AvgIpc) is 3.45. The van der Waals surface area contributed by atoms with E-state index in [4.69, 9.17) is 9.47 Å². The van der Waals surface area contributed by atoms with Crippen molar-refractivity contribution >= 4 is 10.8 Å². The molecule has 1 aliphatic rings. The van der Waals surface area contributed by atoms with Gasteiger partial charge in [-0.3, -0.25) is 0 Å². The first kappa shape index (κ1) is 26.1. The van der Waals surface area contributed by atoms with E-state index in [0.29, 0.717) is 17.9 Å². The highest BCUT2D eigenvalue weighted by Crippen LogP contribution is 2.52. The maximum absolute atomic E-state index is 14.0. The van der Waals surface area contributed by atoms with Crippen LogP contribution in [0.2, 0.25) is 0 Å². The van der Waals surface area contributed by atoms with Gasteiger partial charge in [-0.2, -0.15) is 0 Å². The highest BCUT2D eigenvalue weighted by atomic mass is 19.1. The Hall–Kier alpha value is -4.15. The molecule has 0 radical (unpaired) electrons. The SMILES string of the molecule is CC(C)(C)C(Cc1cc2ccc3c(c2c(-c2ccc(F)cc2)c1CO)OCO3)(c1ccccc1)c1ccccc1. The van der Waals surface area contributed by atoms with Crippen molar-refractivity contribution in [2.75, 3.05) is 6.79 Å². The van der Waals surface area contributed by atoms with Crippen molar-refractivity contribution < 1.29 is 19.0 Å².